The predicted molar refractivity (Wildman–Crippen MR) is 351 cm³/mol. The number of thiophene rings is 1. The molecule has 88 heavy (non-hydrogen) atoms. The number of aryl methyl sites for hydroxylation is 4. The highest BCUT2D eigenvalue weighted by Crippen LogP contribution is 2.46. The van der Waals surface area contributed by atoms with Crippen molar-refractivity contribution in [1.82, 2.24) is 43.9 Å². The number of benzene rings is 4. The van der Waals surface area contributed by atoms with Gasteiger partial charge in [-0.15, -0.1) is 0 Å². The molecule has 4 aromatic carbocycles. The maximum absolute atomic E-state index is 15.1. The molecule has 13 nitrogen and oxygen atoms in total. The van der Waals surface area contributed by atoms with Gasteiger partial charge in [-0.05, 0) is 211 Å². The van der Waals surface area contributed by atoms with Crippen molar-refractivity contribution < 1.29 is 23.6 Å². The predicted octanol–water partition coefficient (Wildman–Crippen LogP) is 16.4. The Hall–Kier alpha value is -8.56. The number of allylic oxidation sites excluding steroid dienone is 2. The lowest BCUT2D eigenvalue weighted by Crippen LogP contribution is -2.52. The van der Waals surface area contributed by atoms with Crippen LogP contribution in [0.1, 0.15) is 183 Å². The number of nitrogens with zero attached hydrogens (tertiary/aromatic N) is 7. The number of hydrogen-bond donors (Lipinski definition) is 2. The summed E-state index contributed by atoms with van der Waals surface area (Å²) in [5, 5.41) is 13.3. The Morgan fingerprint density at radius 1 is 0.580 bits per heavy atom. The first-order chi connectivity index (χ1) is 42.6. The topological polar surface area (TPSA) is 151 Å². The van der Waals surface area contributed by atoms with Crippen LogP contribution < -0.4 is 10.6 Å². The second-order valence-corrected chi connectivity index (χ2v) is 26.0. The van der Waals surface area contributed by atoms with Gasteiger partial charge in [0.25, 0.3) is 11.8 Å². The molecule has 6 aromatic heterocycles. The lowest BCUT2D eigenvalue weighted by molar-refractivity contribution is -0.113. The highest BCUT2D eigenvalue weighted by atomic mass is 32.1. The van der Waals surface area contributed by atoms with E-state index >= 15 is 4.39 Å². The summed E-state index contributed by atoms with van der Waals surface area (Å²) >= 11 is 1.73. The first kappa shape index (κ1) is 58.5. The largest absolute Gasteiger partial charge is 0.339 e. The summed E-state index contributed by atoms with van der Waals surface area (Å²) in [6.45, 7) is 7.32. The minimum atomic E-state index is -0.567. The number of carbonyl (C=O) groups is 4. The van der Waals surface area contributed by atoms with Crippen LogP contribution >= 0.6 is 11.3 Å². The van der Waals surface area contributed by atoms with E-state index in [1.807, 2.05) is 87.8 Å². The number of amides is 2. The number of nitrogens with one attached hydrogen (secondary N) is 2. The van der Waals surface area contributed by atoms with Crippen LogP contribution in [0.5, 0.6) is 0 Å². The van der Waals surface area contributed by atoms with Crippen molar-refractivity contribution in [2.24, 2.45) is 14.1 Å². The van der Waals surface area contributed by atoms with Crippen LogP contribution in [0, 0.1) is 19.8 Å². The van der Waals surface area contributed by atoms with E-state index in [1.54, 1.807) is 42.5 Å². The first-order valence-corrected chi connectivity index (χ1v) is 32.4. The van der Waals surface area contributed by atoms with Gasteiger partial charge >= 0.3 is 0 Å². The Morgan fingerprint density at radius 3 is 1.49 bits per heavy atom. The molecule has 6 heterocycles. The van der Waals surface area contributed by atoms with E-state index in [9.17, 15) is 19.2 Å². The summed E-state index contributed by atoms with van der Waals surface area (Å²) in [5.41, 5.74) is 14.1. The van der Waals surface area contributed by atoms with Gasteiger partial charge in [-0.2, -0.15) is 15.7 Å². The summed E-state index contributed by atoms with van der Waals surface area (Å²) in [5.74, 6) is 1.05. The number of halogens is 1. The van der Waals surface area contributed by atoms with Crippen molar-refractivity contribution in [2.45, 2.75) is 154 Å². The monoisotopic (exact) mass is 1190 g/mol. The Labute approximate surface area is 516 Å². The SMILES string of the molecule is CC(=O)/C=C/c1ccc2nc(C3(NC(=O)c4ccc5c(c4)c(C)c(-c4cccnc4F)n5C4CCCCC4)CCC3)n(C)c2c1.CC(=O)/C=C/c1ccc2nc(C3(NC(=O)c4ccc5c(c4)c(C)c(-c4ccsc4)n5C4CCCCC4)CCC3)n(C)c2c1. The molecule has 4 aliphatic carbocycles. The highest BCUT2D eigenvalue weighted by molar-refractivity contribution is 7.08. The highest BCUT2D eigenvalue weighted by Gasteiger charge is 2.45. The summed E-state index contributed by atoms with van der Waals surface area (Å²) in [6, 6.07) is 30.7. The minimum absolute atomic E-state index is 0.00341. The number of carbonyl (C=O) groups excluding carboxylic acids is 4. The van der Waals surface area contributed by atoms with Gasteiger partial charge in [0, 0.05) is 76.3 Å². The Balaban J connectivity index is 0.000000162. The average molecular weight is 1190 g/mol. The quantitative estimate of drug-likeness (QED) is 0.0813. The number of aromatic nitrogens is 7. The van der Waals surface area contributed by atoms with E-state index in [4.69, 9.17) is 9.97 Å². The van der Waals surface area contributed by atoms with Crippen LogP contribution in [0.25, 0.3) is 78.5 Å². The van der Waals surface area contributed by atoms with Crippen molar-refractivity contribution >= 4 is 90.7 Å². The van der Waals surface area contributed by atoms with E-state index in [0.29, 0.717) is 22.7 Å². The molecule has 2 N–H and O–H groups in total. The van der Waals surface area contributed by atoms with Gasteiger partial charge < -0.3 is 28.9 Å². The van der Waals surface area contributed by atoms with Crippen LogP contribution in [0.4, 0.5) is 4.39 Å². The molecule has 0 aliphatic heterocycles. The smallest absolute Gasteiger partial charge is 0.252 e. The van der Waals surface area contributed by atoms with Crippen molar-refractivity contribution in [3.05, 3.63) is 171 Å². The average Bonchev–Trinajstić information content (AvgIpc) is 1.72. The van der Waals surface area contributed by atoms with Crippen LogP contribution in [0.3, 0.4) is 0 Å². The fourth-order valence-electron chi connectivity index (χ4n) is 14.7. The Kier molecular flexibility index (Phi) is 15.8. The van der Waals surface area contributed by atoms with E-state index in [-0.39, 0.29) is 29.4 Å². The number of ketones is 2. The lowest BCUT2D eigenvalue weighted by atomic mass is 9.75. The van der Waals surface area contributed by atoms with Gasteiger partial charge in [0.2, 0.25) is 5.95 Å². The van der Waals surface area contributed by atoms with Gasteiger partial charge in [-0.1, -0.05) is 62.8 Å². The third-order valence-corrected chi connectivity index (χ3v) is 20.2. The van der Waals surface area contributed by atoms with Gasteiger partial charge in [0.05, 0.1) is 50.1 Å². The summed E-state index contributed by atoms with van der Waals surface area (Å²) in [4.78, 5) is 64.7. The molecule has 4 aliphatic rings. The van der Waals surface area contributed by atoms with Gasteiger partial charge in [-0.25, -0.2) is 15.0 Å². The lowest BCUT2D eigenvalue weighted by Gasteiger charge is -2.41. The third kappa shape index (κ3) is 10.7. The zero-order valence-corrected chi connectivity index (χ0v) is 52.0. The molecule has 0 unspecified atom stereocenters. The van der Waals surface area contributed by atoms with Gasteiger partial charge in [0.1, 0.15) is 11.6 Å². The van der Waals surface area contributed by atoms with Crippen molar-refractivity contribution in [1.29, 1.82) is 0 Å². The van der Waals surface area contributed by atoms with Crippen LogP contribution in [0.2, 0.25) is 0 Å². The second kappa shape index (κ2) is 23.8. The Bertz CT molecular complexity index is 4440. The molecule has 2 amide bonds. The molecule has 4 fully saturated rings. The zero-order chi connectivity index (χ0) is 61.0. The molecular weight excluding hydrogens is 1120 g/mol. The number of hydrogen-bond acceptors (Lipinski definition) is 8. The molecule has 450 valence electrons. The standard InChI is InChI=1S/C37H38FN5O2.C36H38N4O2S/c1-23(44)12-13-25-14-16-30-32(21-25)42(3)36(40-30)37(18-8-19-37)41-35(45)26-15-17-31-29(22-26)24(2)33(28-11-7-20-39-34(28)38)43(31)27-9-5-4-6-10-27;1-23(41)10-11-25-12-14-30-32(20-25)39(3)35(37-30)36(17-7-18-36)38-34(42)26-13-15-31-29(21-26)24(2)33(27-16-19-43-22-27)40(31)28-8-5-4-6-9-28/h7,11-17,20-22,27H,4-6,8-10,18-19H2,1-3H3,(H,41,45);10-16,19-22,28H,4-9,17-18H2,1-3H3,(H,38,42)/b13-12+;11-10+. The summed E-state index contributed by atoms with van der Waals surface area (Å²) in [7, 11) is 4.00. The summed E-state index contributed by atoms with van der Waals surface area (Å²) < 4.78 is 24.2. The third-order valence-electron chi connectivity index (χ3n) is 19.5. The second-order valence-electron chi connectivity index (χ2n) is 25.2. The fourth-order valence-corrected chi connectivity index (χ4v) is 15.3. The maximum atomic E-state index is 15.1. The van der Waals surface area contributed by atoms with Crippen LogP contribution in [-0.2, 0) is 34.8 Å². The number of pyridine rings is 1. The molecule has 0 radical (unpaired) electrons. The first-order valence-electron chi connectivity index (χ1n) is 31.5. The van der Waals surface area contributed by atoms with Crippen LogP contribution in [-0.4, -0.2) is 56.6 Å². The fraction of sp³-hybridized carbons (Fsp3) is 0.356. The number of fused-ring (bicyclic) bond motifs is 4. The molecule has 10 aromatic rings. The molecule has 0 spiro atoms. The van der Waals surface area contributed by atoms with E-state index < -0.39 is 17.0 Å². The molecule has 0 saturated heterocycles. The molecule has 14 rings (SSSR count). The van der Waals surface area contributed by atoms with Crippen molar-refractivity contribution in [2.75, 3.05) is 0 Å². The molecular formula is C73H76FN9O4S. The Morgan fingerprint density at radius 2 is 1.06 bits per heavy atom. The van der Waals surface area contributed by atoms with Crippen LogP contribution in [0.15, 0.2) is 120 Å². The molecule has 4 saturated carbocycles. The van der Waals surface area contributed by atoms with Gasteiger partial charge in [0.15, 0.2) is 11.6 Å². The molecule has 15 heteroatoms. The number of rotatable bonds is 14. The molecule has 0 bridgehead atoms. The normalized spacial score (nSPS) is 16.9. The number of imidazole rings is 2. The molecule has 0 atom stereocenters. The van der Waals surface area contributed by atoms with E-state index in [1.165, 1.54) is 74.0 Å². The zero-order valence-electron chi connectivity index (χ0n) is 51.2. The minimum Gasteiger partial charge on any atom is -0.339 e. The van der Waals surface area contributed by atoms with Gasteiger partial charge in [-0.3, -0.25) is 19.2 Å². The van der Waals surface area contributed by atoms with E-state index in [0.717, 1.165) is 137 Å². The maximum Gasteiger partial charge on any atom is 0.252 e. The summed E-state index contributed by atoms with van der Waals surface area (Å²) in [6.07, 6.45) is 25.5. The van der Waals surface area contributed by atoms with E-state index in [2.05, 4.69) is 75.8 Å². The van der Waals surface area contributed by atoms with Crippen molar-refractivity contribution in [3.63, 3.8) is 0 Å². The van der Waals surface area contributed by atoms with Crippen molar-refractivity contribution in [3.8, 4) is 22.5 Å².